The number of nitrogens with zero attached hydrogens (tertiary/aromatic N) is 2. The molecular weight excluding hydrogens is 212 g/mol. The predicted octanol–water partition coefficient (Wildman–Crippen LogP) is 0.701. The van der Waals surface area contributed by atoms with Crippen molar-refractivity contribution in [3.8, 4) is 0 Å². The number of hydrogen-bond donors (Lipinski definition) is 2. The third-order valence-electron chi connectivity index (χ3n) is 2.13. The number of amides is 2. The molecule has 6 nitrogen and oxygen atoms in total. The first-order valence-electron chi connectivity index (χ1n) is 4.43. The van der Waals surface area contributed by atoms with Gasteiger partial charge in [0.05, 0.1) is 11.4 Å². The van der Waals surface area contributed by atoms with E-state index in [9.17, 15) is 9.59 Å². The summed E-state index contributed by atoms with van der Waals surface area (Å²) in [6, 6.07) is 5.75. The molecule has 0 unspecified atom stereocenters. The molecule has 0 saturated carbocycles. The van der Waals surface area contributed by atoms with Crippen LogP contribution in [-0.4, -0.2) is 22.2 Å². The van der Waals surface area contributed by atoms with Gasteiger partial charge in [0.2, 0.25) is 0 Å². The smallest absolute Gasteiger partial charge is 0.258 e. The molecule has 1 aromatic rings. The van der Waals surface area contributed by atoms with Crippen molar-refractivity contribution < 1.29 is 20.0 Å². The van der Waals surface area contributed by atoms with E-state index in [1.807, 2.05) is 0 Å². The molecule has 0 aliphatic carbocycles. The maximum atomic E-state index is 11.3. The number of rotatable bonds is 2. The molecule has 6 heteroatoms. The highest BCUT2D eigenvalue weighted by molar-refractivity contribution is 6.28. The summed E-state index contributed by atoms with van der Waals surface area (Å²) in [4.78, 5) is 23.6. The van der Waals surface area contributed by atoms with Gasteiger partial charge in [-0.05, 0) is 18.2 Å². The zero-order valence-corrected chi connectivity index (χ0v) is 8.07. The average molecular weight is 220 g/mol. The lowest BCUT2D eigenvalue weighted by Gasteiger charge is -2.15. The highest BCUT2D eigenvalue weighted by Gasteiger charge is 2.25. The van der Waals surface area contributed by atoms with Crippen LogP contribution in [0.15, 0.2) is 36.4 Å². The van der Waals surface area contributed by atoms with Crippen LogP contribution in [0.4, 0.5) is 11.4 Å². The zero-order valence-electron chi connectivity index (χ0n) is 8.07. The minimum atomic E-state index is -0.454. The molecule has 1 heterocycles. The van der Waals surface area contributed by atoms with Gasteiger partial charge in [-0.1, -0.05) is 6.07 Å². The van der Waals surface area contributed by atoms with Crippen molar-refractivity contribution in [3.05, 3.63) is 36.4 Å². The van der Waals surface area contributed by atoms with Gasteiger partial charge in [0, 0.05) is 12.2 Å². The van der Waals surface area contributed by atoms with E-state index in [0.29, 0.717) is 0 Å². The van der Waals surface area contributed by atoms with Gasteiger partial charge < -0.3 is 0 Å². The normalized spacial score (nSPS) is 14.8. The van der Waals surface area contributed by atoms with Gasteiger partial charge in [-0.3, -0.25) is 20.0 Å². The molecule has 16 heavy (non-hydrogen) atoms. The summed E-state index contributed by atoms with van der Waals surface area (Å²) in [5.41, 5.74) is 0.343. The Morgan fingerprint density at radius 3 is 2.25 bits per heavy atom. The molecule has 0 saturated heterocycles. The number of carbonyl (C=O) groups excluding carboxylic acids is 2. The second-order valence-corrected chi connectivity index (χ2v) is 3.15. The maximum absolute atomic E-state index is 11.3. The largest absolute Gasteiger partial charge is 0.269 e. The molecule has 1 aliphatic rings. The molecule has 0 radical (unpaired) electrons. The first kappa shape index (κ1) is 10.3. The van der Waals surface area contributed by atoms with Crippen LogP contribution in [0.5, 0.6) is 0 Å². The van der Waals surface area contributed by atoms with Gasteiger partial charge in [0.15, 0.2) is 0 Å². The van der Waals surface area contributed by atoms with Crippen LogP contribution >= 0.6 is 0 Å². The summed E-state index contributed by atoms with van der Waals surface area (Å²) in [6.45, 7) is 0. The summed E-state index contributed by atoms with van der Waals surface area (Å²) in [5.74, 6) is -0.908. The fraction of sp³-hybridized carbons (Fsp3) is 0. The lowest BCUT2D eigenvalue weighted by molar-refractivity contribution is -0.119. The quantitative estimate of drug-likeness (QED) is 0.566. The van der Waals surface area contributed by atoms with Crippen LogP contribution in [0.2, 0.25) is 0 Å². The Balaban J connectivity index is 2.38. The van der Waals surface area contributed by atoms with Gasteiger partial charge in [-0.2, -0.15) is 0 Å². The monoisotopic (exact) mass is 220 g/mol. The fourth-order valence-electron chi connectivity index (χ4n) is 1.41. The second kappa shape index (κ2) is 3.76. The molecule has 82 valence electrons. The zero-order chi connectivity index (χ0) is 11.7. The van der Waals surface area contributed by atoms with Crippen molar-refractivity contribution in [3.63, 3.8) is 0 Å². The summed E-state index contributed by atoms with van der Waals surface area (Å²) in [6.07, 6.45) is 2.31. The molecule has 0 aromatic heterocycles. The van der Waals surface area contributed by atoms with E-state index in [1.165, 1.54) is 24.3 Å². The Kier molecular flexibility index (Phi) is 2.43. The van der Waals surface area contributed by atoms with E-state index in [0.717, 1.165) is 17.1 Å². The highest BCUT2D eigenvalue weighted by atomic mass is 16.8. The first-order chi connectivity index (χ1) is 7.59. The predicted molar refractivity (Wildman–Crippen MR) is 54.1 cm³/mol. The Morgan fingerprint density at radius 2 is 1.69 bits per heavy atom. The van der Waals surface area contributed by atoms with E-state index >= 15 is 0 Å². The van der Waals surface area contributed by atoms with Crippen LogP contribution < -0.4 is 10.1 Å². The minimum Gasteiger partial charge on any atom is -0.269 e. The van der Waals surface area contributed by atoms with Gasteiger partial charge in [0.25, 0.3) is 11.8 Å². The van der Waals surface area contributed by atoms with Crippen LogP contribution in [0.3, 0.4) is 0 Å². The molecule has 0 spiro atoms. The van der Waals surface area contributed by atoms with E-state index in [-0.39, 0.29) is 16.6 Å². The SMILES string of the molecule is O=C1C=CC(=O)N1c1cccc(N(O)O)c1. The second-order valence-electron chi connectivity index (χ2n) is 3.15. The van der Waals surface area contributed by atoms with Gasteiger partial charge >= 0.3 is 0 Å². The number of carbonyl (C=O) groups is 2. The Morgan fingerprint density at radius 1 is 1.06 bits per heavy atom. The van der Waals surface area contributed by atoms with E-state index in [2.05, 4.69) is 0 Å². The summed E-state index contributed by atoms with van der Waals surface area (Å²) in [7, 11) is 0. The number of anilines is 2. The highest BCUT2D eigenvalue weighted by Crippen LogP contribution is 2.23. The van der Waals surface area contributed by atoms with E-state index in [4.69, 9.17) is 10.4 Å². The molecule has 0 fully saturated rings. The third kappa shape index (κ3) is 1.67. The van der Waals surface area contributed by atoms with Crippen molar-refractivity contribution in [1.29, 1.82) is 0 Å². The lowest BCUT2D eigenvalue weighted by Crippen LogP contribution is -2.29. The van der Waals surface area contributed by atoms with E-state index < -0.39 is 11.8 Å². The van der Waals surface area contributed by atoms with Crippen molar-refractivity contribution in [1.82, 2.24) is 0 Å². The summed E-state index contributed by atoms with van der Waals surface area (Å²) < 4.78 is 0. The minimum absolute atomic E-state index is 0.0602. The molecule has 0 atom stereocenters. The first-order valence-corrected chi connectivity index (χ1v) is 4.43. The van der Waals surface area contributed by atoms with Gasteiger partial charge in [-0.25, -0.2) is 4.90 Å². The van der Waals surface area contributed by atoms with Crippen LogP contribution in [0, 0.1) is 0 Å². The average Bonchev–Trinajstić information content (AvgIpc) is 2.59. The standard InChI is InChI=1S/C10H8N2O4/c13-9-4-5-10(14)11(9)7-2-1-3-8(6-7)12(15)16/h1-6,15-16H. The molecule has 1 aromatic carbocycles. The Hall–Kier alpha value is -2.18. The third-order valence-corrected chi connectivity index (χ3v) is 2.13. The van der Waals surface area contributed by atoms with Crippen LogP contribution in [0.25, 0.3) is 0 Å². The van der Waals surface area contributed by atoms with Crippen molar-refractivity contribution in [2.45, 2.75) is 0 Å². The van der Waals surface area contributed by atoms with Crippen LogP contribution in [0.1, 0.15) is 0 Å². The van der Waals surface area contributed by atoms with Crippen molar-refractivity contribution in [2.75, 3.05) is 10.1 Å². The molecular formula is C10H8N2O4. The number of hydrogen-bond acceptors (Lipinski definition) is 5. The van der Waals surface area contributed by atoms with Gasteiger partial charge in [0.1, 0.15) is 0 Å². The maximum Gasteiger partial charge on any atom is 0.258 e. The van der Waals surface area contributed by atoms with E-state index in [1.54, 1.807) is 0 Å². The van der Waals surface area contributed by atoms with Crippen molar-refractivity contribution in [2.24, 2.45) is 0 Å². The Bertz CT molecular complexity index is 463. The fourth-order valence-corrected chi connectivity index (χ4v) is 1.41. The molecule has 2 N–H and O–H groups in total. The molecule has 1 aliphatic heterocycles. The summed E-state index contributed by atoms with van der Waals surface area (Å²) >= 11 is 0. The molecule has 2 amide bonds. The number of imide groups is 1. The number of benzene rings is 1. The topological polar surface area (TPSA) is 81.1 Å². The lowest BCUT2D eigenvalue weighted by atomic mass is 10.2. The summed E-state index contributed by atoms with van der Waals surface area (Å²) in [5, 5.41) is 17.5. The molecule has 2 rings (SSSR count). The van der Waals surface area contributed by atoms with Crippen LogP contribution in [-0.2, 0) is 9.59 Å². The van der Waals surface area contributed by atoms with Gasteiger partial charge in [-0.15, -0.1) is 5.23 Å². The molecule has 0 bridgehead atoms. The Labute approximate surface area is 90.5 Å². The van der Waals surface area contributed by atoms with Crippen molar-refractivity contribution >= 4 is 23.2 Å².